The van der Waals surface area contributed by atoms with Gasteiger partial charge in [-0.2, -0.15) is 0 Å². The number of hydrogen-bond donors (Lipinski definition) is 1. The smallest absolute Gasteiger partial charge is 0.231 e. The maximum atomic E-state index is 12.5. The van der Waals surface area contributed by atoms with Crippen LogP contribution in [-0.2, 0) is 11.2 Å². The van der Waals surface area contributed by atoms with Crippen LogP contribution in [0.15, 0.2) is 54.7 Å². The molecule has 0 saturated heterocycles. The molecular formula is C18H18N2O2. The number of carbonyl (C=O) groups excluding carboxylic acids is 1. The number of benzene rings is 2. The molecule has 0 unspecified atom stereocenters. The second-order valence-electron chi connectivity index (χ2n) is 5.16. The van der Waals surface area contributed by atoms with Gasteiger partial charge in [0.05, 0.1) is 19.0 Å². The number of methoxy groups -OCH3 is 1. The number of aromatic amines is 1. The molecule has 3 rings (SSSR count). The number of anilines is 1. The monoisotopic (exact) mass is 294 g/mol. The van der Waals surface area contributed by atoms with E-state index in [1.165, 1.54) is 0 Å². The highest BCUT2D eigenvalue weighted by Gasteiger charge is 2.15. The summed E-state index contributed by atoms with van der Waals surface area (Å²) in [4.78, 5) is 17.4. The van der Waals surface area contributed by atoms with Crippen LogP contribution in [0.5, 0.6) is 5.75 Å². The molecular weight excluding hydrogens is 276 g/mol. The van der Waals surface area contributed by atoms with Gasteiger partial charge in [-0.3, -0.25) is 4.79 Å². The molecule has 4 heteroatoms. The number of hydrogen-bond acceptors (Lipinski definition) is 2. The van der Waals surface area contributed by atoms with Crippen LogP contribution in [0.1, 0.15) is 5.56 Å². The summed E-state index contributed by atoms with van der Waals surface area (Å²) in [6, 6.07) is 15.5. The van der Waals surface area contributed by atoms with E-state index in [2.05, 4.69) is 4.98 Å². The molecule has 0 atom stereocenters. The van der Waals surface area contributed by atoms with Gasteiger partial charge in [-0.25, -0.2) is 0 Å². The normalized spacial score (nSPS) is 10.6. The van der Waals surface area contributed by atoms with Crippen molar-refractivity contribution >= 4 is 22.5 Å². The summed E-state index contributed by atoms with van der Waals surface area (Å²) in [5.41, 5.74) is 2.79. The minimum absolute atomic E-state index is 0.0509. The van der Waals surface area contributed by atoms with Crippen molar-refractivity contribution in [1.29, 1.82) is 0 Å². The van der Waals surface area contributed by atoms with Crippen LogP contribution >= 0.6 is 0 Å². The van der Waals surface area contributed by atoms with Crippen LogP contribution in [0.3, 0.4) is 0 Å². The standard InChI is InChI=1S/C18H18N2O2/c1-20(14-7-4-3-5-8-14)17(21)11-13-12-19-18-15(13)9-6-10-16(18)22-2/h3-10,12,19H,11H2,1-2H3. The van der Waals surface area contributed by atoms with Crippen molar-refractivity contribution in [3.8, 4) is 5.75 Å². The number of rotatable bonds is 4. The minimum atomic E-state index is 0.0509. The lowest BCUT2D eigenvalue weighted by atomic mass is 10.1. The Morgan fingerprint density at radius 3 is 2.64 bits per heavy atom. The highest BCUT2D eigenvalue weighted by atomic mass is 16.5. The van der Waals surface area contributed by atoms with Gasteiger partial charge in [0.2, 0.25) is 5.91 Å². The van der Waals surface area contributed by atoms with Gasteiger partial charge in [0.15, 0.2) is 0 Å². The van der Waals surface area contributed by atoms with Crippen molar-refractivity contribution in [3.05, 3.63) is 60.3 Å². The summed E-state index contributed by atoms with van der Waals surface area (Å²) in [7, 11) is 3.44. The van der Waals surface area contributed by atoms with Crippen LogP contribution in [0, 0.1) is 0 Å². The van der Waals surface area contributed by atoms with Gasteiger partial charge in [0.25, 0.3) is 0 Å². The lowest BCUT2D eigenvalue weighted by molar-refractivity contribution is -0.117. The Balaban J connectivity index is 1.86. The Bertz CT molecular complexity index is 793. The molecule has 1 aromatic heterocycles. The van der Waals surface area contributed by atoms with Gasteiger partial charge in [-0.05, 0) is 23.8 Å². The number of nitrogens with zero attached hydrogens (tertiary/aromatic N) is 1. The van der Waals surface area contributed by atoms with E-state index in [9.17, 15) is 4.79 Å². The maximum absolute atomic E-state index is 12.5. The van der Waals surface area contributed by atoms with Crippen molar-refractivity contribution < 1.29 is 9.53 Å². The van der Waals surface area contributed by atoms with Crippen LogP contribution in [0.2, 0.25) is 0 Å². The molecule has 0 aliphatic carbocycles. The number of para-hydroxylation sites is 2. The molecule has 3 aromatic rings. The highest BCUT2D eigenvalue weighted by molar-refractivity contribution is 5.98. The van der Waals surface area contributed by atoms with E-state index in [0.29, 0.717) is 6.42 Å². The first-order valence-electron chi connectivity index (χ1n) is 7.15. The average Bonchev–Trinajstić information content (AvgIpc) is 2.98. The molecule has 1 heterocycles. The third-order valence-corrected chi connectivity index (χ3v) is 3.84. The quantitative estimate of drug-likeness (QED) is 0.801. The fourth-order valence-corrected chi connectivity index (χ4v) is 2.58. The van der Waals surface area contributed by atoms with Gasteiger partial charge in [-0.1, -0.05) is 30.3 Å². The topological polar surface area (TPSA) is 45.3 Å². The second-order valence-corrected chi connectivity index (χ2v) is 5.16. The molecule has 1 N–H and O–H groups in total. The van der Waals surface area contributed by atoms with E-state index in [1.807, 2.05) is 54.7 Å². The van der Waals surface area contributed by atoms with Crippen molar-refractivity contribution in [2.24, 2.45) is 0 Å². The average molecular weight is 294 g/mol. The van der Waals surface area contributed by atoms with Crippen molar-refractivity contribution in [3.63, 3.8) is 0 Å². The number of nitrogens with one attached hydrogen (secondary N) is 1. The summed E-state index contributed by atoms with van der Waals surface area (Å²) in [6.07, 6.45) is 2.22. The highest BCUT2D eigenvalue weighted by Crippen LogP contribution is 2.27. The molecule has 0 aliphatic rings. The SMILES string of the molecule is COc1cccc2c(CC(=O)N(C)c3ccccc3)c[nH]c12. The molecule has 1 amide bonds. The molecule has 0 radical (unpaired) electrons. The molecule has 22 heavy (non-hydrogen) atoms. The number of fused-ring (bicyclic) bond motifs is 1. The Morgan fingerprint density at radius 2 is 1.91 bits per heavy atom. The van der Waals surface area contributed by atoms with Crippen molar-refractivity contribution in [2.45, 2.75) is 6.42 Å². The number of amides is 1. The predicted molar refractivity (Wildman–Crippen MR) is 88.4 cm³/mol. The third-order valence-electron chi connectivity index (χ3n) is 3.84. The second kappa shape index (κ2) is 5.93. The molecule has 0 bridgehead atoms. The van der Waals surface area contributed by atoms with Gasteiger partial charge in [-0.15, -0.1) is 0 Å². The molecule has 0 aliphatic heterocycles. The molecule has 112 valence electrons. The van der Waals surface area contributed by atoms with Gasteiger partial charge in [0.1, 0.15) is 5.75 Å². The molecule has 2 aromatic carbocycles. The van der Waals surface area contributed by atoms with Crippen LogP contribution in [0.4, 0.5) is 5.69 Å². The molecule has 0 spiro atoms. The zero-order valence-electron chi connectivity index (χ0n) is 12.7. The number of aromatic nitrogens is 1. The Morgan fingerprint density at radius 1 is 1.14 bits per heavy atom. The first-order valence-corrected chi connectivity index (χ1v) is 7.15. The summed E-state index contributed by atoms with van der Waals surface area (Å²) >= 11 is 0. The van der Waals surface area contributed by atoms with Gasteiger partial charge in [0, 0.05) is 24.3 Å². The van der Waals surface area contributed by atoms with Crippen LogP contribution in [-0.4, -0.2) is 25.0 Å². The van der Waals surface area contributed by atoms with E-state index in [4.69, 9.17) is 4.74 Å². The van der Waals surface area contributed by atoms with Crippen molar-refractivity contribution in [1.82, 2.24) is 4.98 Å². The van der Waals surface area contributed by atoms with Crippen molar-refractivity contribution in [2.75, 3.05) is 19.1 Å². The molecule has 0 saturated carbocycles. The fraction of sp³-hybridized carbons (Fsp3) is 0.167. The molecule has 0 fully saturated rings. The number of ether oxygens (including phenoxy) is 1. The maximum Gasteiger partial charge on any atom is 0.231 e. The zero-order chi connectivity index (χ0) is 15.5. The number of carbonyl (C=O) groups is 1. The zero-order valence-corrected chi connectivity index (χ0v) is 12.7. The first-order chi connectivity index (χ1) is 10.7. The third kappa shape index (κ3) is 2.55. The largest absolute Gasteiger partial charge is 0.495 e. The van der Waals surface area contributed by atoms with Gasteiger partial charge >= 0.3 is 0 Å². The Hall–Kier alpha value is -2.75. The summed E-state index contributed by atoms with van der Waals surface area (Å²) in [5, 5.41) is 1.02. The van der Waals surface area contributed by atoms with Crippen LogP contribution in [0.25, 0.3) is 10.9 Å². The number of likely N-dealkylation sites (N-methyl/N-ethyl adjacent to an activating group) is 1. The fourth-order valence-electron chi connectivity index (χ4n) is 2.58. The van der Waals surface area contributed by atoms with Gasteiger partial charge < -0.3 is 14.6 Å². The van der Waals surface area contributed by atoms with E-state index in [0.717, 1.165) is 27.9 Å². The van der Waals surface area contributed by atoms with Crippen LogP contribution < -0.4 is 9.64 Å². The van der Waals surface area contributed by atoms with E-state index in [-0.39, 0.29) is 5.91 Å². The van der Waals surface area contributed by atoms with E-state index in [1.54, 1.807) is 19.1 Å². The predicted octanol–water partition coefficient (Wildman–Crippen LogP) is 3.38. The van der Waals surface area contributed by atoms with E-state index >= 15 is 0 Å². The number of H-pyrrole nitrogens is 1. The first kappa shape index (κ1) is 14.2. The Kier molecular flexibility index (Phi) is 3.83. The summed E-state index contributed by atoms with van der Waals surface area (Å²) in [6.45, 7) is 0. The summed E-state index contributed by atoms with van der Waals surface area (Å²) in [5.74, 6) is 0.836. The lowest BCUT2D eigenvalue weighted by Gasteiger charge is -2.17. The van der Waals surface area contributed by atoms with E-state index < -0.39 is 0 Å². The Labute approximate surface area is 129 Å². The summed E-state index contributed by atoms with van der Waals surface area (Å²) < 4.78 is 5.34. The minimum Gasteiger partial charge on any atom is -0.495 e. The lowest BCUT2D eigenvalue weighted by Crippen LogP contribution is -2.27. The molecule has 4 nitrogen and oxygen atoms in total.